The fourth-order valence-electron chi connectivity index (χ4n) is 2.12. The van der Waals surface area contributed by atoms with Crippen LogP contribution in [0.15, 0.2) is 48.6 Å². The van der Waals surface area contributed by atoms with Gasteiger partial charge in [-0.1, -0.05) is 12.1 Å². The maximum Gasteiger partial charge on any atom is 0.244 e. The highest BCUT2D eigenvalue weighted by atomic mass is 16.3. The molecule has 0 aliphatic carbocycles. The van der Waals surface area contributed by atoms with Crippen molar-refractivity contribution in [2.24, 2.45) is 0 Å². The molecule has 0 saturated carbocycles. The number of phenols is 4. The first kappa shape index (κ1) is 20.4. The van der Waals surface area contributed by atoms with Gasteiger partial charge in [0.15, 0.2) is 23.0 Å². The molecule has 0 heterocycles. The summed E-state index contributed by atoms with van der Waals surface area (Å²) in [5.41, 5.74) is 1.09. The molecule has 0 atom stereocenters. The highest BCUT2D eigenvalue weighted by Gasteiger charge is 2.01. The maximum atomic E-state index is 11.7. The summed E-state index contributed by atoms with van der Waals surface area (Å²) in [7, 11) is 0. The van der Waals surface area contributed by atoms with Crippen LogP contribution in [0.5, 0.6) is 23.0 Å². The van der Waals surface area contributed by atoms with Crippen molar-refractivity contribution in [2.75, 3.05) is 13.1 Å². The fourth-order valence-corrected chi connectivity index (χ4v) is 2.12. The minimum atomic E-state index is -0.378. The normalized spacial score (nSPS) is 11.0. The number of hydrogen-bond donors (Lipinski definition) is 6. The van der Waals surface area contributed by atoms with Crippen LogP contribution in [0.3, 0.4) is 0 Å². The Hall–Kier alpha value is -3.94. The van der Waals surface area contributed by atoms with Crippen molar-refractivity contribution in [3.8, 4) is 23.0 Å². The summed E-state index contributed by atoms with van der Waals surface area (Å²) < 4.78 is 0. The second kappa shape index (κ2) is 9.67. The smallest absolute Gasteiger partial charge is 0.244 e. The third-order valence-corrected chi connectivity index (χ3v) is 3.58. The second-order valence-corrected chi connectivity index (χ2v) is 5.75. The number of carbonyl (C=O) groups excluding carboxylic acids is 2. The average molecular weight is 384 g/mol. The summed E-state index contributed by atoms with van der Waals surface area (Å²) >= 11 is 0. The van der Waals surface area contributed by atoms with Gasteiger partial charge >= 0.3 is 0 Å². The first-order valence-corrected chi connectivity index (χ1v) is 8.31. The zero-order valence-corrected chi connectivity index (χ0v) is 14.8. The predicted molar refractivity (Wildman–Crippen MR) is 104 cm³/mol. The van der Waals surface area contributed by atoms with Crippen molar-refractivity contribution in [1.82, 2.24) is 10.6 Å². The van der Waals surface area contributed by atoms with Crippen LogP contribution in [0.2, 0.25) is 0 Å². The van der Waals surface area contributed by atoms with Crippen LogP contribution in [0, 0.1) is 0 Å². The molecule has 0 spiro atoms. The summed E-state index contributed by atoms with van der Waals surface area (Å²) in [5, 5.41) is 42.4. The van der Waals surface area contributed by atoms with E-state index in [1.807, 2.05) is 0 Å². The van der Waals surface area contributed by atoms with Crippen molar-refractivity contribution >= 4 is 24.0 Å². The van der Waals surface area contributed by atoms with Crippen molar-refractivity contribution in [3.05, 3.63) is 59.7 Å². The molecular formula is C20H20N2O6. The van der Waals surface area contributed by atoms with E-state index >= 15 is 0 Å². The lowest BCUT2D eigenvalue weighted by molar-refractivity contribution is -0.118. The van der Waals surface area contributed by atoms with E-state index in [2.05, 4.69) is 10.6 Å². The Labute approximate surface area is 161 Å². The largest absolute Gasteiger partial charge is 0.504 e. The van der Waals surface area contributed by atoms with E-state index < -0.39 is 0 Å². The molecule has 2 amide bonds. The molecule has 0 aliphatic rings. The number of nitrogens with one attached hydrogen (secondary N) is 2. The SMILES string of the molecule is O=C(/C=C/c1ccc(O)c(O)c1)NCCNC(=O)/C=C/c1ccc(O)c(O)c1. The van der Waals surface area contributed by atoms with Gasteiger partial charge in [-0.2, -0.15) is 0 Å². The van der Waals surface area contributed by atoms with E-state index in [-0.39, 0.29) is 47.9 Å². The van der Waals surface area contributed by atoms with E-state index in [1.54, 1.807) is 12.1 Å². The number of phenolic OH excluding ortho intramolecular Hbond substituents is 4. The van der Waals surface area contributed by atoms with Crippen molar-refractivity contribution < 1.29 is 30.0 Å². The van der Waals surface area contributed by atoms with Crippen LogP contribution in [0.4, 0.5) is 0 Å². The first-order chi connectivity index (χ1) is 13.3. The number of hydrogen-bond acceptors (Lipinski definition) is 6. The highest BCUT2D eigenvalue weighted by molar-refractivity contribution is 5.92. The molecular weight excluding hydrogens is 364 g/mol. The summed E-state index contributed by atoms with van der Waals surface area (Å²) in [6, 6.07) is 8.35. The fraction of sp³-hybridized carbons (Fsp3) is 0.100. The van der Waals surface area contributed by atoms with Gasteiger partial charge in [0.2, 0.25) is 11.8 Å². The molecule has 0 aliphatic heterocycles. The lowest BCUT2D eigenvalue weighted by Crippen LogP contribution is -2.33. The first-order valence-electron chi connectivity index (χ1n) is 8.31. The number of rotatable bonds is 7. The number of benzene rings is 2. The molecule has 2 aromatic carbocycles. The van der Waals surface area contributed by atoms with Crippen LogP contribution < -0.4 is 10.6 Å². The summed E-state index contributed by atoms with van der Waals surface area (Å²) in [6.45, 7) is 0.424. The van der Waals surface area contributed by atoms with Gasteiger partial charge < -0.3 is 31.1 Å². The molecule has 0 unspecified atom stereocenters. The lowest BCUT2D eigenvalue weighted by atomic mass is 10.2. The summed E-state index contributed by atoms with van der Waals surface area (Å²) in [6.07, 6.45) is 5.49. The lowest BCUT2D eigenvalue weighted by Gasteiger charge is -2.03. The third kappa shape index (κ3) is 6.41. The Bertz CT molecular complexity index is 845. The maximum absolute atomic E-state index is 11.7. The number of carbonyl (C=O) groups is 2. The highest BCUT2D eigenvalue weighted by Crippen LogP contribution is 2.26. The monoisotopic (exact) mass is 384 g/mol. The molecule has 0 saturated heterocycles. The van der Waals surface area contributed by atoms with Gasteiger partial charge in [0, 0.05) is 25.2 Å². The molecule has 0 fully saturated rings. The molecule has 2 aromatic rings. The Balaban J connectivity index is 1.71. The van der Waals surface area contributed by atoms with Gasteiger partial charge in [-0.3, -0.25) is 9.59 Å². The van der Waals surface area contributed by atoms with E-state index in [9.17, 15) is 30.0 Å². The number of aromatic hydroxyl groups is 4. The molecule has 0 aromatic heterocycles. The Morgan fingerprint density at radius 3 is 1.43 bits per heavy atom. The van der Waals surface area contributed by atoms with E-state index in [4.69, 9.17) is 0 Å². The van der Waals surface area contributed by atoms with Crippen LogP contribution in [-0.2, 0) is 9.59 Å². The topological polar surface area (TPSA) is 139 Å². The summed E-state index contributed by atoms with van der Waals surface area (Å²) in [4.78, 5) is 23.4. The number of amides is 2. The Morgan fingerprint density at radius 1 is 0.679 bits per heavy atom. The van der Waals surface area contributed by atoms with E-state index in [0.29, 0.717) is 11.1 Å². The van der Waals surface area contributed by atoms with Crippen molar-refractivity contribution in [1.29, 1.82) is 0 Å². The van der Waals surface area contributed by atoms with Gasteiger partial charge in [-0.15, -0.1) is 0 Å². The average Bonchev–Trinajstić information content (AvgIpc) is 2.67. The van der Waals surface area contributed by atoms with Gasteiger partial charge in [0.05, 0.1) is 0 Å². The minimum Gasteiger partial charge on any atom is -0.504 e. The quantitative estimate of drug-likeness (QED) is 0.243. The van der Waals surface area contributed by atoms with E-state index in [0.717, 1.165) is 0 Å². The van der Waals surface area contributed by atoms with Crippen molar-refractivity contribution in [2.45, 2.75) is 0 Å². The van der Waals surface area contributed by atoms with Crippen LogP contribution in [0.1, 0.15) is 11.1 Å². The van der Waals surface area contributed by atoms with Gasteiger partial charge in [0.1, 0.15) is 0 Å². The predicted octanol–water partition coefficient (Wildman–Crippen LogP) is 1.47. The Kier molecular flexibility index (Phi) is 7.04. The van der Waals surface area contributed by atoms with Crippen molar-refractivity contribution in [3.63, 3.8) is 0 Å². The van der Waals surface area contributed by atoms with E-state index in [1.165, 1.54) is 48.6 Å². The molecule has 8 nitrogen and oxygen atoms in total. The molecule has 0 radical (unpaired) electrons. The zero-order chi connectivity index (χ0) is 20.5. The third-order valence-electron chi connectivity index (χ3n) is 3.58. The molecule has 2 rings (SSSR count). The van der Waals surface area contributed by atoms with Crippen LogP contribution in [0.25, 0.3) is 12.2 Å². The van der Waals surface area contributed by atoms with Gasteiger partial charge in [0.25, 0.3) is 0 Å². The standard InChI is InChI=1S/C20H20N2O6/c23-15-5-1-13(11-17(15)25)3-7-19(27)21-9-10-22-20(28)8-4-14-2-6-16(24)18(26)12-14/h1-8,11-12,23-26H,9-10H2,(H,21,27)(H,22,28)/b7-3+,8-4+. The van der Waals surface area contributed by atoms with Gasteiger partial charge in [-0.05, 0) is 47.5 Å². The molecule has 146 valence electrons. The van der Waals surface area contributed by atoms with Gasteiger partial charge in [-0.25, -0.2) is 0 Å². The molecule has 6 N–H and O–H groups in total. The van der Waals surface area contributed by atoms with Crippen LogP contribution >= 0.6 is 0 Å². The summed E-state index contributed by atoms with van der Waals surface area (Å²) in [5.74, 6) is -1.79. The second-order valence-electron chi connectivity index (χ2n) is 5.75. The molecule has 0 bridgehead atoms. The Morgan fingerprint density at radius 2 is 1.07 bits per heavy atom. The minimum absolute atomic E-state index is 0.212. The molecule has 28 heavy (non-hydrogen) atoms. The van der Waals surface area contributed by atoms with Crippen LogP contribution in [-0.4, -0.2) is 45.3 Å². The molecule has 8 heteroatoms. The zero-order valence-electron chi connectivity index (χ0n) is 14.8.